The van der Waals surface area contributed by atoms with Gasteiger partial charge in [0.2, 0.25) is 5.90 Å². The molecule has 0 aromatic heterocycles. The fourth-order valence-electron chi connectivity index (χ4n) is 1.57. The van der Waals surface area contributed by atoms with Gasteiger partial charge in [-0.1, -0.05) is 12.1 Å². The van der Waals surface area contributed by atoms with Crippen LogP contribution in [-0.2, 0) is 9.53 Å². The van der Waals surface area contributed by atoms with Gasteiger partial charge in [-0.3, -0.25) is 10.1 Å². The van der Waals surface area contributed by atoms with E-state index < -0.39 is 10.9 Å². The third-order valence-electron chi connectivity index (χ3n) is 2.33. The number of nitrogens with zero attached hydrogens (tertiary/aromatic N) is 3. The normalized spacial score (nSPS) is 16.2. The smallest absolute Gasteiger partial charge is 0.365 e. The van der Waals surface area contributed by atoms with Gasteiger partial charge in [-0.25, -0.2) is 9.79 Å². The minimum absolute atomic E-state index is 0.0506. The molecule has 98 valence electrons. The van der Waals surface area contributed by atoms with Crippen LogP contribution in [-0.4, -0.2) is 35.8 Å². The van der Waals surface area contributed by atoms with Crippen LogP contribution >= 0.6 is 0 Å². The van der Waals surface area contributed by atoms with Crippen LogP contribution in [0, 0.1) is 10.1 Å². The van der Waals surface area contributed by atoms with Gasteiger partial charge in [-0.05, 0) is 6.07 Å². The van der Waals surface area contributed by atoms with Gasteiger partial charge in [0.05, 0.1) is 4.92 Å². The van der Waals surface area contributed by atoms with Crippen LogP contribution in [0.5, 0.6) is 0 Å². The molecule has 0 saturated heterocycles. The molecule has 0 radical (unpaired) electrons. The number of nitro groups is 1. The summed E-state index contributed by atoms with van der Waals surface area (Å²) in [6.07, 6.45) is 1.49. The number of carbonyl (C=O) groups is 1. The van der Waals surface area contributed by atoms with E-state index in [1.54, 1.807) is 25.1 Å². The maximum absolute atomic E-state index is 11.6. The second-order valence-electron chi connectivity index (χ2n) is 4.06. The molecule has 1 aromatic rings. The quantitative estimate of drug-likeness (QED) is 0.354. The Labute approximate surface area is 109 Å². The summed E-state index contributed by atoms with van der Waals surface area (Å²) in [4.78, 5) is 27.6. The molecule has 2 rings (SSSR count). The molecule has 7 heteroatoms. The van der Waals surface area contributed by atoms with E-state index in [4.69, 9.17) is 4.74 Å². The topological polar surface area (TPSA) is 85.0 Å². The van der Waals surface area contributed by atoms with Crippen molar-refractivity contribution < 1.29 is 14.5 Å². The van der Waals surface area contributed by atoms with Crippen molar-refractivity contribution in [3.05, 3.63) is 51.8 Å². The number of rotatable bonds is 3. The summed E-state index contributed by atoms with van der Waals surface area (Å²) < 4.78 is 4.96. The van der Waals surface area contributed by atoms with Gasteiger partial charge in [0.15, 0.2) is 5.70 Å². The third-order valence-corrected chi connectivity index (χ3v) is 2.33. The highest BCUT2D eigenvalue weighted by Gasteiger charge is 2.28. The van der Waals surface area contributed by atoms with Gasteiger partial charge in [-0.15, -0.1) is 0 Å². The number of para-hydroxylation sites is 1. The summed E-state index contributed by atoms with van der Waals surface area (Å²) in [7, 11) is 3.47. The van der Waals surface area contributed by atoms with Crippen molar-refractivity contribution >= 4 is 17.6 Å². The van der Waals surface area contributed by atoms with Crippen LogP contribution in [0.3, 0.4) is 0 Å². The summed E-state index contributed by atoms with van der Waals surface area (Å²) >= 11 is 0. The number of ether oxygens (including phenoxy) is 1. The van der Waals surface area contributed by atoms with Crippen molar-refractivity contribution in [2.45, 2.75) is 0 Å². The van der Waals surface area contributed by atoms with E-state index >= 15 is 0 Å². The zero-order valence-corrected chi connectivity index (χ0v) is 10.4. The molecule has 1 heterocycles. The lowest BCUT2D eigenvalue weighted by Crippen LogP contribution is -2.09. The maximum atomic E-state index is 11.6. The summed E-state index contributed by atoms with van der Waals surface area (Å²) in [5.41, 5.74) is 0.140. The molecule has 0 aliphatic carbocycles. The molecule has 1 aromatic carbocycles. The first-order chi connectivity index (χ1) is 8.99. The van der Waals surface area contributed by atoms with Crippen molar-refractivity contribution in [3.8, 4) is 0 Å². The highest BCUT2D eigenvalue weighted by atomic mass is 16.6. The van der Waals surface area contributed by atoms with Crippen molar-refractivity contribution in [1.82, 2.24) is 4.90 Å². The Hall–Kier alpha value is -2.70. The van der Waals surface area contributed by atoms with Crippen LogP contribution in [0.15, 0.2) is 41.2 Å². The molecule has 1 aliphatic rings. The number of cyclic esters (lactones) is 1. The van der Waals surface area contributed by atoms with Gasteiger partial charge in [0.25, 0.3) is 5.69 Å². The lowest BCUT2D eigenvalue weighted by molar-refractivity contribution is -0.385. The Morgan fingerprint density at radius 3 is 2.68 bits per heavy atom. The maximum Gasteiger partial charge on any atom is 0.365 e. The van der Waals surface area contributed by atoms with Gasteiger partial charge in [-0.2, -0.15) is 0 Å². The minimum Gasteiger partial charge on any atom is -0.402 e. The number of benzene rings is 1. The summed E-state index contributed by atoms with van der Waals surface area (Å²) in [5, 5.41) is 10.9. The van der Waals surface area contributed by atoms with Gasteiger partial charge >= 0.3 is 5.97 Å². The summed E-state index contributed by atoms with van der Waals surface area (Å²) in [6, 6.07) is 5.98. The lowest BCUT2D eigenvalue weighted by Gasteiger charge is -2.02. The molecule has 0 unspecified atom stereocenters. The molecule has 0 amide bonds. The monoisotopic (exact) mass is 261 g/mol. The Bertz CT molecular complexity index is 605. The Morgan fingerprint density at radius 2 is 2.05 bits per heavy atom. The number of esters is 1. The zero-order chi connectivity index (χ0) is 14.0. The van der Waals surface area contributed by atoms with Crippen molar-refractivity contribution in [2.24, 2.45) is 4.99 Å². The fraction of sp³-hybridized carbons (Fsp3) is 0.167. The van der Waals surface area contributed by atoms with Crippen LogP contribution in [0.2, 0.25) is 0 Å². The van der Waals surface area contributed by atoms with E-state index in [1.807, 2.05) is 0 Å². The van der Waals surface area contributed by atoms with E-state index in [-0.39, 0.29) is 22.8 Å². The summed E-state index contributed by atoms with van der Waals surface area (Å²) in [6.45, 7) is 0. The van der Waals surface area contributed by atoms with Gasteiger partial charge < -0.3 is 9.64 Å². The molecule has 1 aliphatic heterocycles. The number of nitro benzene ring substituents is 1. The predicted molar refractivity (Wildman–Crippen MR) is 67.5 cm³/mol. The Balaban J connectivity index is 2.45. The Kier molecular flexibility index (Phi) is 3.28. The first-order valence-corrected chi connectivity index (χ1v) is 5.42. The standard InChI is InChI=1S/C12H11N3O4/c1-14(2)7-9-12(16)19-11(13-9)8-5-3-4-6-10(8)15(17)18/h3-7H,1-2H3/b9-7+. The Morgan fingerprint density at radius 1 is 1.37 bits per heavy atom. The second kappa shape index (κ2) is 4.89. The molecule has 0 fully saturated rings. The van der Waals surface area contributed by atoms with Gasteiger partial charge in [0, 0.05) is 26.4 Å². The first-order valence-electron chi connectivity index (χ1n) is 5.42. The number of carbonyl (C=O) groups excluding carboxylic acids is 1. The molecule has 19 heavy (non-hydrogen) atoms. The zero-order valence-electron chi connectivity index (χ0n) is 10.4. The largest absolute Gasteiger partial charge is 0.402 e. The number of hydrogen-bond acceptors (Lipinski definition) is 6. The average molecular weight is 261 g/mol. The number of aliphatic imine (C=N–C) groups is 1. The molecular weight excluding hydrogens is 250 g/mol. The van der Waals surface area contributed by atoms with Crippen LogP contribution in [0.4, 0.5) is 5.69 Å². The molecule has 0 atom stereocenters. The predicted octanol–water partition coefficient (Wildman–Crippen LogP) is 1.30. The molecule has 0 bridgehead atoms. The van der Waals surface area contributed by atoms with E-state index in [9.17, 15) is 14.9 Å². The van der Waals surface area contributed by atoms with Crippen molar-refractivity contribution in [2.75, 3.05) is 14.1 Å². The molecule has 0 N–H and O–H groups in total. The molecular formula is C12H11N3O4. The SMILES string of the molecule is CN(C)/C=C1/N=C(c2ccccc2[N+](=O)[O-])OC1=O. The highest BCUT2D eigenvalue weighted by Crippen LogP contribution is 2.23. The van der Waals surface area contributed by atoms with Crippen LogP contribution in [0.25, 0.3) is 0 Å². The van der Waals surface area contributed by atoms with Crippen molar-refractivity contribution in [3.63, 3.8) is 0 Å². The first kappa shape index (κ1) is 12.7. The lowest BCUT2D eigenvalue weighted by atomic mass is 10.2. The number of hydrogen-bond donors (Lipinski definition) is 0. The van der Waals surface area contributed by atoms with Crippen LogP contribution < -0.4 is 0 Å². The van der Waals surface area contributed by atoms with Gasteiger partial charge in [0.1, 0.15) is 5.56 Å². The van der Waals surface area contributed by atoms with Crippen molar-refractivity contribution in [1.29, 1.82) is 0 Å². The third kappa shape index (κ3) is 2.59. The minimum atomic E-state index is -0.623. The fourth-order valence-corrected chi connectivity index (χ4v) is 1.57. The molecule has 7 nitrogen and oxygen atoms in total. The van der Waals surface area contributed by atoms with E-state index in [2.05, 4.69) is 4.99 Å². The van der Waals surface area contributed by atoms with E-state index in [0.717, 1.165) is 0 Å². The van der Waals surface area contributed by atoms with E-state index in [1.165, 1.54) is 24.4 Å². The van der Waals surface area contributed by atoms with E-state index in [0.29, 0.717) is 0 Å². The average Bonchev–Trinajstić information content (AvgIpc) is 2.70. The molecule has 0 saturated carbocycles. The van der Waals surface area contributed by atoms with Crippen LogP contribution in [0.1, 0.15) is 5.56 Å². The highest BCUT2D eigenvalue weighted by molar-refractivity contribution is 6.12. The second-order valence-corrected chi connectivity index (χ2v) is 4.06. The molecule has 0 spiro atoms. The summed E-state index contributed by atoms with van der Waals surface area (Å²) in [5.74, 6) is -0.674.